The molecule has 3 aromatic rings. The molecule has 5 rings (SSSR count). The van der Waals surface area contributed by atoms with Crippen molar-refractivity contribution in [3.05, 3.63) is 42.7 Å². The minimum Gasteiger partial charge on any atom is -0.507 e. The van der Waals surface area contributed by atoms with Crippen molar-refractivity contribution in [2.24, 2.45) is 11.8 Å². The Labute approximate surface area is 183 Å². The number of aromatic nitrogens is 4. The zero-order chi connectivity index (χ0) is 22.4. The molecule has 0 saturated heterocycles. The van der Waals surface area contributed by atoms with Crippen LogP contribution in [0, 0.1) is 11.8 Å². The topological polar surface area (TPSA) is 67.1 Å². The van der Waals surface area contributed by atoms with E-state index in [1.165, 1.54) is 18.5 Å². The summed E-state index contributed by atoms with van der Waals surface area (Å²) in [4.78, 5) is 1.88. The fourth-order valence-corrected chi connectivity index (χ4v) is 5.12. The van der Waals surface area contributed by atoms with Crippen LogP contribution in [-0.2, 0) is 0 Å². The first-order chi connectivity index (χ1) is 15.4. The number of nitrogens with zero attached hydrogens (tertiary/aromatic N) is 5. The lowest BCUT2D eigenvalue weighted by Crippen LogP contribution is -2.46. The molecule has 6 nitrogen and oxygen atoms in total. The predicted octanol–water partition coefficient (Wildman–Crippen LogP) is 5.07. The molecule has 9 heteroatoms. The van der Waals surface area contributed by atoms with E-state index in [2.05, 4.69) is 15.3 Å². The number of aromatic hydroxyl groups is 1. The lowest BCUT2D eigenvalue weighted by molar-refractivity contribution is 0.0566. The van der Waals surface area contributed by atoms with Gasteiger partial charge >= 0.3 is 6.55 Å². The van der Waals surface area contributed by atoms with Crippen LogP contribution in [0.2, 0.25) is 0 Å². The number of rotatable bonds is 5. The number of hydrogen-bond acceptors (Lipinski definition) is 5. The second-order valence-corrected chi connectivity index (χ2v) is 8.79. The number of alkyl halides is 3. The maximum atomic E-state index is 14.9. The lowest BCUT2D eigenvalue weighted by Gasteiger charge is -2.38. The third-order valence-corrected chi connectivity index (χ3v) is 6.89. The highest BCUT2D eigenvalue weighted by Gasteiger charge is 2.44. The van der Waals surface area contributed by atoms with Gasteiger partial charge in [0.15, 0.2) is 5.82 Å². The van der Waals surface area contributed by atoms with Crippen molar-refractivity contribution in [3.8, 4) is 28.1 Å². The van der Waals surface area contributed by atoms with Gasteiger partial charge in [0.2, 0.25) is 0 Å². The molecule has 2 heterocycles. The number of halogens is 3. The normalized spacial score (nSPS) is 24.8. The summed E-state index contributed by atoms with van der Waals surface area (Å²) in [5, 5.41) is 22.6. The summed E-state index contributed by atoms with van der Waals surface area (Å²) in [5.41, 5.74) is 1.96. The Kier molecular flexibility index (Phi) is 5.27. The van der Waals surface area contributed by atoms with Crippen LogP contribution in [0.15, 0.2) is 42.7 Å². The Hall–Kier alpha value is -3.10. The maximum absolute atomic E-state index is 14.9. The van der Waals surface area contributed by atoms with Crippen LogP contribution in [0.4, 0.5) is 19.0 Å². The summed E-state index contributed by atoms with van der Waals surface area (Å²) in [6.45, 7) is -2.72. The SMILES string of the molecule is CN(c1ccc(-c2ccc(-c3cnn(C(F)F)c3)cc2O)nn1)[C@H]1C[C@@H]2CC[C@@H](C2)[C@H]1F. The fraction of sp³-hybridized carbons (Fsp3) is 0.435. The molecule has 0 spiro atoms. The molecule has 32 heavy (non-hydrogen) atoms. The van der Waals surface area contributed by atoms with E-state index in [0.29, 0.717) is 38.8 Å². The summed E-state index contributed by atoms with van der Waals surface area (Å²) in [6, 6.07) is 8.18. The van der Waals surface area contributed by atoms with Crippen LogP contribution in [0.25, 0.3) is 22.4 Å². The van der Waals surface area contributed by atoms with Crippen LogP contribution in [0.1, 0.15) is 32.2 Å². The number of fused-ring (bicyclic) bond motifs is 2. The third kappa shape index (κ3) is 3.69. The van der Waals surface area contributed by atoms with Crippen LogP contribution in [-0.4, -0.2) is 44.3 Å². The molecule has 168 valence electrons. The summed E-state index contributed by atoms with van der Waals surface area (Å²) < 4.78 is 41.0. The molecule has 1 aromatic carbocycles. The van der Waals surface area contributed by atoms with Gasteiger partial charge in [-0.25, -0.2) is 9.07 Å². The van der Waals surface area contributed by atoms with E-state index in [0.717, 1.165) is 25.7 Å². The Bertz CT molecular complexity index is 1100. The molecular formula is C23H24F3N5O. The molecule has 2 aromatic heterocycles. The molecule has 2 saturated carbocycles. The van der Waals surface area contributed by atoms with Crippen LogP contribution < -0.4 is 4.90 Å². The van der Waals surface area contributed by atoms with E-state index >= 15 is 0 Å². The minimum absolute atomic E-state index is 0.0459. The molecule has 1 N–H and O–H groups in total. The van der Waals surface area contributed by atoms with Gasteiger partial charge < -0.3 is 10.0 Å². The first-order valence-electron chi connectivity index (χ1n) is 10.8. The highest BCUT2D eigenvalue weighted by Crippen LogP contribution is 2.45. The largest absolute Gasteiger partial charge is 0.507 e. The van der Waals surface area contributed by atoms with Gasteiger partial charge in [0, 0.05) is 24.4 Å². The van der Waals surface area contributed by atoms with E-state index < -0.39 is 12.7 Å². The lowest BCUT2D eigenvalue weighted by atomic mass is 9.83. The average Bonchev–Trinajstić information content (AvgIpc) is 3.44. The fourth-order valence-electron chi connectivity index (χ4n) is 5.12. The smallest absolute Gasteiger partial charge is 0.333 e. The first-order valence-corrected chi connectivity index (χ1v) is 10.8. The van der Waals surface area contributed by atoms with Crippen molar-refractivity contribution in [1.29, 1.82) is 0 Å². The number of phenols is 1. The van der Waals surface area contributed by atoms with E-state index in [-0.39, 0.29) is 17.7 Å². The molecule has 4 atom stereocenters. The highest BCUT2D eigenvalue weighted by atomic mass is 19.3. The monoisotopic (exact) mass is 443 g/mol. The quantitative estimate of drug-likeness (QED) is 0.596. The third-order valence-electron chi connectivity index (χ3n) is 6.89. The molecule has 2 bridgehead atoms. The van der Waals surface area contributed by atoms with Gasteiger partial charge in [0.05, 0.1) is 17.9 Å². The van der Waals surface area contributed by atoms with Crippen LogP contribution in [0.5, 0.6) is 5.75 Å². The van der Waals surface area contributed by atoms with Crippen molar-refractivity contribution >= 4 is 5.82 Å². The Morgan fingerprint density at radius 3 is 2.62 bits per heavy atom. The van der Waals surface area contributed by atoms with E-state index in [9.17, 15) is 18.3 Å². The number of hydrogen-bond donors (Lipinski definition) is 1. The number of benzene rings is 1. The average molecular weight is 443 g/mol. The van der Waals surface area contributed by atoms with Crippen molar-refractivity contribution in [2.75, 3.05) is 11.9 Å². The van der Waals surface area contributed by atoms with Gasteiger partial charge in [0.1, 0.15) is 11.9 Å². The molecule has 2 aliphatic carbocycles. The van der Waals surface area contributed by atoms with Crippen molar-refractivity contribution in [2.45, 2.75) is 44.4 Å². The van der Waals surface area contributed by atoms with Gasteiger partial charge in [0.25, 0.3) is 0 Å². The minimum atomic E-state index is -2.72. The highest BCUT2D eigenvalue weighted by molar-refractivity contribution is 5.74. The Morgan fingerprint density at radius 2 is 1.94 bits per heavy atom. The number of phenolic OH excluding ortho intramolecular Hbond substituents is 1. The molecule has 0 aliphatic heterocycles. The molecule has 0 unspecified atom stereocenters. The summed E-state index contributed by atoms with van der Waals surface area (Å²) in [5.74, 6) is 1.29. The maximum Gasteiger partial charge on any atom is 0.333 e. The van der Waals surface area contributed by atoms with Crippen LogP contribution >= 0.6 is 0 Å². The summed E-state index contributed by atoms with van der Waals surface area (Å²) in [7, 11) is 1.86. The second kappa shape index (κ2) is 8.11. The Balaban J connectivity index is 1.34. The predicted molar refractivity (Wildman–Crippen MR) is 114 cm³/mol. The standard InChI is InChI=1S/C23H24F3N5O/c1-30(19-9-13-2-3-15(8-13)22(19)24)21-7-6-18(28-29-21)17-5-4-14(10-20(17)32)16-11-27-31(12-16)23(25)26/h4-7,10-13,15,19,22-23,32H,2-3,8-9H2,1H3/t13-,15+,19+,22-/m1/s1. The van der Waals surface area contributed by atoms with Gasteiger partial charge in [-0.3, -0.25) is 0 Å². The molecule has 0 amide bonds. The van der Waals surface area contributed by atoms with Gasteiger partial charge in [-0.1, -0.05) is 6.07 Å². The van der Waals surface area contributed by atoms with Crippen molar-refractivity contribution < 1.29 is 18.3 Å². The van der Waals surface area contributed by atoms with Crippen molar-refractivity contribution in [3.63, 3.8) is 0 Å². The van der Waals surface area contributed by atoms with Crippen molar-refractivity contribution in [1.82, 2.24) is 20.0 Å². The van der Waals surface area contributed by atoms with E-state index in [1.54, 1.807) is 24.3 Å². The zero-order valence-electron chi connectivity index (χ0n) is 17.6. The number of anilines is 1. The van der Waals surface area contributed by atoms with Gasteiger partial charge in [-0.2, -0.15) is 13.9 Å². The van der Waals surface area contributed by atoms with E-state index in [4.69, 9.17) is 0 Å². The summed E-state index contributed by atoms with van der Waals surface area (Å²) in [6.07, 6.45) is 5.60. The molecule has 2 fully saturated rings. The molecule has 2 aliphatic rings. The van der Waals surface area contributed by atoms with Gasteiger partial charge in [-0.05, 0) is 67.3 Å². The van der Waals surface area contributed by atoms with E-state index in [1.807, 2.05) is 11.9 Å². The molecular weight excluding hydrogens is 419 g/mol. The molecule has 0 radical (unpaired) electrons. The van der Waals surface area contributed by atoms with Crippen LogP contribution in [0.3, 0.4) is 0 Å². The second-order valence-electron chi connectivity index (χ2n) is 8.79. The van der Waals surface area contributed by atoms with Gasteiger partial charge in [-0.15, -0.1) is 10.2 Å². The first kappa shape index (κ1) is 20.8. The zero-order valence-corrected chi connectivity index (χ0v) is 17.6. The summed E-state index contributed by atoms with van der Waals surface area (Å²) >= 11 is 0. The Morgan fingerprint density at radius 1 is 1.09 bits per heavy atom.